The van der Waals surface area contributed by atoms with Crippen LogP contribution in [0.3, 0.4) is 0 Å². The van der Waals surface area contributed by atoms with E-state index in [2.05, 4.69) is 9.05 Å². The van der Waals surface area contributed by atoms with Crippen molar-refractivity contribution in [3.63, 3.8) is 0 Å². The zero-order valence-corrected chi connectivity index (χ0v) is 8.20. The van der Waals surface area contributed by atoms with E-state index in [1.165, 1.54) is 0 Å². The Balaban J connectivity index is 3.85. The lowest BCUT2D eigenvalue weighted by atomic mass is 10.3. The maximum Gasteiger partial charge on any atom is 0.697 e. The van der Waals surface area contributed by atoms with Gasteiger partial charge >= 0.3 is 16.5 Å². The Bertz CT molecular complexity index is 155. The first-order valence-electron chi connectivity index (χ1n) is 3.22. The van der Waals surface area contributed by atoms with Crippen LogP contribution in [0.5, 0.6) is 0 Å². The summed E-state index contributed by atoms with van der Waals surface area (Å²) in [7, 11) is -5.59. The summed E-state index contributed by atoms with van der Waals surface area (Å²) in [4.78, 5) is 16.6. The number of rotatable bonds is 6. The molecule has 12 heavy (non-hydrogen) atoms. The van der Waals surface area contributed by atoms with Gasteiger partial charge < -0.3 is 0 Å². The Labute approximate surface area is 71.4 Å². The molecule has 2 unspecified atom stereocenters. The molecule has 0 heterocycles. The lowest BCUT2D eigenvalue weighted by Crippen LogP contribution is -2.09. The van der Waals surface area contributed by atoms with Crippen LogP contribution in [0.25, 0.3) is 0 Å². The Hall–Kier alpha value is 0.0400. The molecule has 0 aliphatic carbocycles. The molecule has 0 aliphatic heterocycles. The Morgan fingerprint density at radius 2 is 1.67 bits per heavy atom. The van der Waals surface area contributed by atoms with E-state index in [1.807, 2.05) is 0 Å². The van der Waals surface area contributed by atoms with Crippen molar-refractivity contribution in [1.29, 1.82) is 0 Å². The van der Waals surface area contributed by atoms with Gasteiger partial charge in [-0.3, -0.25) is 0 Å². The average Bonchev–Trinajstić information content (AvgIpc) is 1.84. The van der Waals surface area contributed by atoms with E-state index in [4.69, 9.17) is 9.79 Å². The molecule has 0 rings (SSSR count). The molecule has 70 valence electrons. The molecule has 0 amide bonds. The van der Waals surface area contributed by atoms with Crippen LogP contribution in [-0.4, -0.2) is 16.1 Å². The lowest BCUT2D eigenvalue weighted by Gasteiger charge is -1.98. The first-order chi connectivity index (χ1) is 5.56. The number of hydrogen-bond donors (Lipinski definition) is 2. The third-order valence-corrected chi connectivity index (χ3v) is 1.77. The summed E-state index contributed by atoms with van der Waals surface area (Å²) in [6.07, 6.45) is -0.169. The summed E-state index contributed by atoms with van der Waals surface area (Å²) in [5.41, 5.74) is 0. The van der Waals surface area contributed by atoms with Crippen molar-refractivity contribution in [1.82, 2.24) is 0 Å². The van der Waals surface area contributed by atoms with Crippen molar-refractivity contribution in [2.24, 2.45) is 0 Å². The highest BCUT2D eigenvalue weighted by atomic mass is 31.1. The Morgan fingerprint density at radius 1 is 1.25 bits per heavy atom. The van der Waals surface area contributed by atoms with E-state index < -0.39 is 22.8 Å². The predicted molar refractivity (Wildman–Crippen MR) is 40.5 cm³/mol. The summed E-state index contributed by atoms with van der Waals surface area (Å²) in [6.45, 7) is 1.79. The second kappa shape index (κ2) is 6.54. The van der Waals surface area contributed by atoms with Crippen LogP contribution in [0.1, 0.15) is 19.8 Å². The molecule has 2 N–H and O–H groups in total. The van der Waals surface area contributed by atoms with E-state index in [-0.39, 0.29) is 0 Å². The molecule has 0 aromatic carbocycles. The molecule has 0 spiro atoms. The van der Waals surface area contributed by atoms with Gasteiger partial charge in [0.15, 0.2) is 0 Å². The molecule has 0 aromatic heterocycles. The fourth-order valence-electron chi connectivity index (χ4n) is 0.562. The highest BCUT2D eigenvalue weighted by Gasteiger charge is 2.31. The quantitative estimate of drug-likeness (QED) is 0.515. The summed E-state index contributed by atoms with van der Waals surface area (Å²) in [6, 6.07) is 0. The average molecular weight is 216 g/mol. The predicted octanol–water partition coefficient (Wildman–Crippen LogP) is 1.45. The van der Waals surface area contributed by atoms with Crippen LogP contribution in [0, 0.1) is 0 Å². The molecule has 8 heteroatoms. The second-order valence-electron chi connectivity index (χ2n) is 1.90. The largest absolute Gasteiger partial charge is 0.697 e. The maximum absolute atomic E-state index is 10.1. The Kier molecular flexibility index (Phi) is 6.57. The molecule has 0 fully saturated rings. The summed E-state index contributed by atoms with van der Waals surface area (Å²) < 4.78 is 28.9. The van der Waals surface area contributed by atoms with Gasteiger partial charge in [0.2, 0.25) is 0 Å². The van der Waals surface area contributed by atoms with E-state index >= 15 is 0 Å². The molecular weight excluding hydrogens is 206 g/mol. The van der Waals surface area contributed by atoms with Gasteiger partial charge in [-0.05, 0) is 0 Å². The van der Waals surface area contributed by atoms with Crippen molar-refractivity contribution in [2.45, 2.75) is 26.1 Å². The van der Waals surface area contributed by atoms with Gasteiger partial charge in [-0.25, -0.2) is 0 Å². The normalized spacial score (nSPS) is 15.6. The van der Waals surface area contributed by atoms with Crippen molar-refractivity contribution in [3.05, 3.63) is 0 Å². The fourth-order valence-corrected chi connectivity index (χ4v) is 1.33. The van der Waals surface area contributed by atoms with Gasteiger partial charge in [0.25, 0.3) is 6.29 Å². The van der Waals surface area contributed by atoms with Gasteiger partial charge in [0.1, 0.15) is 0 Å². The second-order valence-corrected chi connectivity index (χ2v) is 3.28. The summed E-state index contributed by atoms with van der Waals surface area (Å²) in [5, 5.41) is 0. The molecule has 6 nitrogen and oxygen atoms in total. The molecule has 0 aromatic rings. The minimum absolute atomic E-state index is 0.295. The van der Waals surface area contributed by atoms with Crippen molar-refractivity contribution >= 4 is 16.5 Å². The minimum Gasteiger partial charge on any atom is -0.133 e. The molecular formula is C4H10O6P2+2. The topological polar surface area (TPSA) is 93.1 Å². The van der Waals surface area contributed by atoms with Gasteiger partial charge in [-0.2, -0.15) is 0 Å². The molecule has 0 radical (unpaired) electrons. The van der Waals surface area contributed by atoms with Crippen LogP contribution >= 0.6 is 16.5 Å². The van der Waals surface area contributed by atoms with Gasteiger partial charge in [0.05, 0.1) is 0 Å². The monoisotopic (exact) mass is 216 g/mol. The first kappa shape index (κ1) is 12.0. The van der Waals surface area contributed by atoms with E-state index in [0.717, 1.165) is 0 Å². The molecule has 0 saturated carbocycles. The first-order valence-corrected chi connectivity index (χ1v) is 5.48. The van der Waals surface area contributed by atoms with Crippen LogP contribution in [-0.2, 0) is 18.2 Å². The van der Waals surface area contributed by atoms with Crippen molar-refractivity contribution < 1.29 is 28.0 Å². The highest BCUT2D eigenvalue weighted by Crippen LogP contribution is 2.28. The van der Waals surface area contributed by atoms with E-state index in [1.54, 1.807) is 6.92 Å². The molecule has 0 aliphatic rings. The standard InChI is InChI=1S/C4H8O6P2/c1-2-3-4(9-11(5)6)10-12(7)8/h4H,2-3H2,1H3/p+2. The molecule has 2 atom stereocenters. The third kappa shape index (κ3) is 6.73. The lowest BCUT2D eigenvalue weighted by molar-refractivity contribution is -0.00397. The van der Waals surface area contributed by atoms with Crippen LogP contribution in [0.4, 0.5) is 0 Å². The van der Waals surface area contributed by atoms with E-state index in [0.29, 0.717) is 12.8 Å². The van der Waals surface area contributed by atoms with Crippen LogP contribution in [0.2, 0.25) is 0 Å². The molecule has 0 saturated heterocycles. The van der Waals surface area contributed by atoms with Crippen molar-refractivity contribution in [2.75, 3.05) is 0 Å². The fraction of sp³-hybridized carbons (Fsp3) is 1.00. The van der Waals surface area contributed by atoms with Gasteiger partial charge in [-0.15, -0.1) is 9.79 Å². The summed E-state index contributed by atoms with van der Waals surface area (Å²) >= 11 is 0. The zero-order chi connectivity index (χ0) is 9.56. The SMILES string of the molecule is CCCC(O[P+](=O)O)O[P+](=O)O. The molecule has 0 bridgehead atoms. The zero-order valence-electron chi connectivity index (χ0n) is 6.41. The van der Waals surface area contributed by atoms with Gasteiger partial charge in [-0.1, -0.05) is 22.4 Å². The summed E-state index contributed by atoms with van der Waals surface area (Å²) in [5.74, 6) is 0. The third-order valence-electron chi connectivity index (χ3n) is 0.940. The van der Waals surface area contributed by atoms with Crippen molar-refractivity contribution in [3.8, 4) is 0 Å². The maximum atomic E-state index is 10.1. The van der Waals surface area contributed by atoms with Crippen LogP contribution < -0.4 is 0 Å². The Morgan fingerprint density at radius 3 is 1.92 bits per heavy atom. The number of hydrogen-bond acceptors (Lipinski definition) is 4. The smallest absolute Gasteiger partial charge is 0.133 e. The van der Waals surface area contributed by atoms with Crippen LogP contribution in [0.15, 0.2) is 0 Å². The minimum atomic E-state index is -2.80. The highest BCUT2D eigenvalue weighted by molar-refractivity contribution is 7.32. The van der Waals surface area contributed by atoms with E-state index in [9.17, 15) is 9.13 Å². The van der Waals surface area contributed by atoms with Gasteiger partial charge in [0, 0.05) is 15.6 Å².